The number of amides is 2. The van der Waals surface area contributed by atoms with E-state index in [1.807, 2.05) is 101 Å². The van der Waals surface area contributed by atoms with Gasteiger partial charge < -0.3 is 30.2 Å². The van der Waals surface area contributed by atoms with Crippen LogP contribution >= 0.6 is 0 Å². The fourth-order valence-electron chi connectivity index (χ4n) is 7.45. The Labute approximate surface area is 322 Å². The Morgan fingerprint density at radius 2 is 1.40 bits per heavy atom. The van der Waals surface area contributed by atoms with Crippen LogP contribution in [0.25, 0.3) is 28.1 Å². The van der Waals surface area contributed by atoms with Crippen molar-refractivity contribution in [3.05, 3.63) is 144 Å². The number of H-pyrrole nitrogens is 1. The van der Waals surface area contributed by atoms with Crippen molar-refractivity contribution in [1.29, 1.82) is 0 Å². The molecule has 5 aromatic rings. The number of carbonyl (C=O) groups excluding carboxylic acids is 3. The summed E-state index contributed by atoms with van der Waals surface area (Å²) in [4.78, 5) is 51.6. The second-order valence-electron chi connectivity index (χ2n) is 14.1. The van der Waals surface area contributed by atoms with E-state index in [1.54, 1.807) is 6.92 Å². The Balaban J connectivity index is 1.02. The van der Waals surface area contributed by atoms with E-state index in [1.165, 1.54) is 0 Å². The largest absolute Gasteiger partial charge is 0.461 e. The van der Waals surface area contributed by atoms with Crippen LogP contribution in [0.1, 0.15) is 61.7 Å². The van der Waals surface area contributed by atoms with Gasteiger partial charge in [-0.25, -0.2) is 9.78 Å². The minimum absolute atomic E-state index is 0.0394. The molecule has 0 aliphatic carbocycles. The summed E-state index contributed by atoms with van der Waals surface area (Å²) < 4.78 is 5.41. The summed E-state index contributed by atoms with van der Waals surface area (Å²) in [5.41, 5.74) is 7.82. The molecule has 1 saturated heterocycles. The highest BCUT2D eigenvalue weighted by Crippen LogP contribution is 2.33. The first kappa shape index (κ1) is 37.2. The van der Waals surface area contributed by atoms with Gasteiger partial charge in [0.15, 0.2) is 0 Å². The lowest BCUT2D eigenvalue weighted by Crippen LogP contribution is -2.47. The molecule has 2 aliphatic heterocycles. The van der Waals surface area contributed by atoms with E-state index < -0.39 is 5.97 Å². The highest BCUT2D eigenvalue weighted by molar-refractivity contribution is 5.98. The van der Waals surface area contributed by atoms with Gasteiger partial charge in [0.05, 0.1) is 49.6 Å². The van der Waals surface area contributed by atoms with Gasteiger partial charge in [-0.05, 0) is 54.0 Å². The van der Waals surface area contributed by atoms with E-state index in [-0.39, 0.29) is 30.6 Å². The molecule has 10 heteroatoms. The number of aromatic amines is 1. The van der Waals surface area contributed by atoms with Gasteiger partial charge in [0.1, 0.15) is 17.7 Å². The normalized spacial score (nSPS) is 16.4. The molecule has 55 heavy (non-hydrogen) atoms. The molecule has 2 atom stereocenters. The molecule has 1 unspecified atom stereocenters. The summed E-state index contributed by atoms with van der Waals surface area (Å²) >= 11 is 0. The Morgan fingerprint density at radius 1 is 0.782 bits per heavy atom. The summed E-state index contributed by atoms with van der Waals surface area (Å²) in [6, 6.07) is 35.9. The molecule has 0 saturated carbocycles. The van der Waals surface area contributed by atoms with Crippen LogP contribution < -0.4 is 10.6 Å². The molecular formula is C45H48N6O4. The second kappa shape index (κ2) is 17.3. The minimum Gasteiger partial charge on any atom is -0.461 e. The maximum Gasteiger partial charge on any atom is 0.356 e. The highest BCUT2D eigenvalue weighted by atomic mass is 16.5. The van der Waals surface area contributed by atoms with Crippen LogP contribution in [0.3, 0.4) is 0 Å². The number of nitrogens with zero attached hydrogens (tertiary/aromatic N) is 3. The molecule has 4 aromatic carbocycles. The number of ether oxygens (including phenoxy) is 1. The van der Waals surface area contributed by atoms with Crippen molar-refractivity contribution in [2.75, 3.05) is 26.2 Å². The summed E-state index contributed by atoms with van der Waals surface area (Å²) in [5, 5.41) is 6.78. The van der Waals surface area contributed by atoms with E-state index in [0.717, 1.165) is 70.7 Å². The monoisotopic (exact) mass is 736 g/mol. The molecule has 282 valence electrons. The third-order valence-corrected chi connectivity index (χ3v) is 10.2. The van der Waals surface area contributed by atoms with Crippen molar-refractivity contribution in [2.45, 2.75) is 58.2 Å². The smallest absolute Gasteiger partial charge is 0.356 e. The zero-order chi connectivity index (χ0) is 38.1. The third-order valence-electron chi connectivity index (χ3n) is 10.2. The first-order valence-electron chi connectivity index (χ1n) is 19.3. The fraction of sp³-hybridized carbons (Fsp3) is 0.289. The molecule has 2 amide bonds. The maximum atomic E-state index is 13.3. The number of hydrogen-bond donors (Lipinski definition) is 3. The van der Waals surface area contributed by atoms with Crippen molar-refractivity contribution in [3.63, 3.8) is 0 Å². The number of rotatable bonds is 14. The number of nitrogens with one attached hydrogen (secondary N) is 3. The average Bonchev–Trinajstić information content (AvgIpc) is 4.00. The van der Waals surface area contributed by atoms with E-state index >= 15 is 0 Å². The molecule has 0 spiro atoms. The SMILES string of the molecule is CCCN(CC1NC(C(=O)OCC)=C(c2ccc(-c3ccc(-c4cnc([C@@H]5CCCN5C(=O)Cc5ccccc5)[nH]4)cc3)cc2)N1)C(=O)Cc1ccccc1. The highest BCUT2D eigenvalue weighted by Gasteiger charge is 2.33. The Morgan fingerprint density at radius 3 is 2.04 bits per heavy atom. The summed E-state index contributed by atoms with van der Waals surface area (Å²) in [6.07, 6.45) is 4.86. The van der Waals surface area contributed by atoms with Crippen LogP contribution in [0, 0.1) is 0 Å². The second-order valence-corrected chi connectivity index (χ2v) is 14.1. The standard InChI is InChI=1S/C45H48N6O4/c1-3-25-50(40(52)27-31-12-7-5-8-13-31)30-39-48-42(43(49-39)45(54)55-4-2)36-23-19-34(20-24-36)33-17-21-35(22-18-33)37-29-46-44(47-37)38-16-11-26-51(38)41(53)28-32-14-9-6-10-15-32/h5-10,12-15,17-24,29,38-39,48-49H,3-4,11,16,25-28,30H2,1-2H3,(H,46,47)/t38-,39?/m0/s1. The van der Waals surface area contributed by atoms with Crippen LogP contribution in [-0.4, -0.2) is 70.0 Å². The molecule has 10 nitrogen and oxygen atoms in total. The van der Waals surface area contributed by atoms with Gasteiger partial charge in [0, 0.05) is 18.7 Å². The fourth-order valence-corrected chi connectivity index (χ4v) is 7.45. The Bertz CT molecular complexity index is 2110. The molecule has 2 aliphatic rings. The lowest BCUT2D eigenvalue weighted by atomic mass is 10.0. The Kier molecular flexibility index (Phi) is 11.7. The van der Waals surface area contributed by atoms with Crippen LogP contribution in [0.15, 0.2) is 121 Å². The van der Waals surface area contributed by atoms with Gasteiger partial charge in [-0.3, -0.25) is 9.59 Å². The minimum atomic E-state index is -0.439. The Hall–Kier alpha value is -6.16. The molecule has 3 heterocycles. The van der Waals surface area contributed by atoms with Gasteiger partial charge in [-0.15, -0.1) is 0 Å². The molecule has 0 bridgehead atoms. The van der Waals surface area contributed by atoms with Crippen LogP contribution in [0.4, 0.5) is 0 Å². The first-order valence-corrected chi connectivity index (χ1v) is 19.3. The van der Waals surface area contributed by atoms with Crippen LogP contribution in [0.2, 0.25) is 0 Å². The molecule has 1 fully saturated rings. The van der Waals surface area contributed by atoms with Crippen LogP contribution in [-0.2, 0) is 32.0 Å². The lowest BCUT2D eigenvalue weighted by molar-refractivity contribution is -0.138. The van der Waals surface area contributed by atoms with E-state index in [2.05, 4.69) is 46.8 Å². The van der Waals surface area contributed by atoms with Gasteiger partial charge in [-0.1, -0.05) is 116 Å². The average molecular weight is 737 g/mol. The number of imidazole rings is 1. The molecular weight excluding hydrogens is 689 g/mol. The number of hydrogen-bond acceptors (Lipinski definition) is 7. The quantitative estimate of drug-likeness (QED) is 0.106. The summed E-state index contributed by atoms with van der Waals surface area (Å²) in [7, 11) is 0. The third kappa shape index (κ3) is 8.81. The van der Waals surface area contributed by atoms with Crippen molar-refractivity contribution < 1.29 is 19.1 Å². The van der Waals surface area contributed by atoms with Gasteiger partial charge >= 0.3 is 5.97 Å². The van der Waals surface area contributed by atoms with Crippen molar-refractivity contribution in [1.82, 2.24) is 30.4 Å². The van der Waals surface area contributed by atoms with Crippen molar-refractivity contribution in [3.8, 4) is 22.4 Å². The number of carbonyl (C=O) groups is 3. The van der Waals surface area contributed by atoms with Gasteiger partial charge in [-0.2, -0.15) is 0 Å². The van der Waals surface area contributed by atoms with E-state index in [0.29, 0.717) is 37.3 Å². The topological polar surface area (TPSA) is 120 Å². The van der Waals surface area contributed by atoms with Gasteiger partial charge in [0.25, 0.3) is 0 Å². The molecule has 3 N–H and O–H groups in total. The van der Waals surface area contributed by atoms with E-state index in [4.69, 9.17) is 9.72 Å². The first-order chi connectivity index (χ1) is 26.9. The van der Waals surface area contributed by atoms with Crippen LogP contribution in [0.5, 0.6) is 0 Å². The maximum absolute atomic E-state index is 13.3. The van der Waals surface area contributed by atoms with E-state index in [9.17, 15) is 14.4 Å². The van der Waals surface area contributed by atoms with Crippen molar-refractivity contribution in [2.24, 2.45) is 0 Å². The summed E-state index contributed by atoms with van der Waals surface area (Å²) in [6.45, 7) is 5.83. The van der Waals surface area contributed by atoms with Crippen molar-refractivity contribution >= 4 is 23.5 Å². The predicted octanol–water partition coefficient (Wildman–Crippen LogP) is 6.88. The predicted molar refractivity (Wildman–Crippen MR) is 214 cm³/mol. The zero-order valence-electron chi connectivity index (χ0n) is 31.5. The number of esters is 1. The lowest BCUT2D eigenvalue weighted by Gasteiger charge is -2.26. The zero-order valence-corrected chi connectivity index (χ0v) is 31.5. The van der Waals surface area contributed by atoms with Gasteiger partial charge in [0.2, 0.25) is 11.8 Å². The molecule has 0 radical (unpaired) electrons. The molecule has 7 rings (SSSR count). The molecule has 1 aromatic heterocycles. The number of aromatic nitrogens is 2. The number of likely N-dealkylation sites (tertiary alicyclic amines) is 1. The number of benzene rings is 4. The summed E-state index contributed by atoms with van der Waals surface area (Å²) in [5.74, 6) is 0.544.